The van der Waals surface area contributed by atoms with Gasteiger partial charge in [0.25, 0.3) is 5.56 Å². The Kier molecular flexibility index (Phi) is 7.15. The van der Waals surface area contributed by atoms with Gasteiger partial charge in [0.1, 0.15) is 6.10 Å². The van der Waals surface area contributed by atoms with Crippen LogP contribution >= 0.6 is 0 Å². The molecule has 1 atom stereocenters. The highest BCUT2D eigenvalue weighted by atomic mass is 19.1. The van der Waals surface area contributed by atoms with E-state index < -0.39 is 5.82 Å². The summed E-state index contributed by atoms with van der Waals surface area (Å²) in [4.78, 5) is 25.5. The number of morpholine rings is 1. The van der Waals surface area contributed by atoms with Crippen molar-refractivity contribution in [3.63, 3.8) is 0 Å². The van der Waals surface area contributed by atoms with Gasteiger partial charge in [0.15, 0.2) is 5.82 Å². The minimum absolute atomic E-state index is 0.139. The topological polar surface area (TPSA) is 63.5 Å². The average molecular weight is 452 g/mol. The molecule has 174 valence electrons. The zero-order valence-electron chi connectivity index (χ0n) is 19.4. The van der Waals surface area contributed by atoms with Gasteiger partial charge in [-0.05, 0) is 30.3 Å². The first-order valence-corrected chi connectivity index (χ1v) is 11.4. The smallest absolute Gasteiger partial charge is 0.255 e. The Morgan fingerprint density at radius 1 is 1.18 bits per heavy atom. The largest absolute Gasteiger partial charge is 0.370 e. The summed E-state index contributed by atoms with van der Waals surface area (Å²) in [5.41, 5.74) is 2.68. The van der Waals surface area contributed by atoms with Crippen LogP contribution in [0.2, 0.25) is 0 Å². The molecule has 0 N–H and O–H groups in total. The van der Waals surface area contributed by atoms with Crippen molar-refractivity contribution in [2.75, 3.05) is 37.7 Å². The fourth-order valence-corrected chi connectivity index (χ4v) is 4.11. The number of anilines is 1. The summed E-state index contributed by atoms with van der Waals surface area (Å²) in [5, 5.41) is 0. The zero-order valence-corrected chi connectivity index (χ0v) is 19.4. The molecule has 8 heteroatoms. The minimum Gasteiger partial charge on any atom is -0.370 e. The van der Waals surface area contributed by atoms with Gasteiger partial charge in [-0.15, -0.1) is 0 Å². The van der Waals surface area contributed by atoms with Crippen LogP contribution in [0.4, 0.5) is 10.3 Å². The molecule has 0 radical (unpaired) electrons. The first-order valence-electron chi connectivity index (χ1n) is 11.4. The summed E-state index contributed by atoms with van der Waals surface area (Å²) >= 11 is 0. The lowest BCUT2D eigenvalue weighted by molar-refractivity contribution is 0.0389. The summed E-state index contributed by atoms with van der Waals surface area (Å²) in [6, 6.07) is 11.4. The van der Waals surface area contributed by atoms with E-state index in [1.165, 1.54) is 28.5 Å². The van der Waals surface area contributed by atoms with Crippen LogP contribution in [0, 0.1) is 5.82 Å². The molecular weight excluding hydrogens is 421 g/mol. The van der Waals surface area contributed by atoms with E-state index >= 15 is 0 Å². The van der Waals surface area contributed by atoms with Gasteiger partial charge in [-0.25, -0.2) is 9.37 Å². The quantitative estimate of drug-likeness (QED) is 0.549. The monoisotopic (exact) mass is 451 g/mol. The van der Waals surface area contributed by atoms with Crippen LogP contribution in [0.1, 0.15) is 31.1 Å². The third-order valence-electron chi connectivity index (χ3n) is 6.16. The maximum Gasteiger partial charge on any atom is 0.255 e. The molecule has 1 aliphatic heterocycles. The molecule has 3 aromatic rings. The number of ether oxygens (including phenoxy) is 1. The molecule has 7 nitrogen and oxygen atoms in total. The Hall–Kier alpha value is -3.10. The van der Waals surface area contributed by atoms with Gasteiger partial charge in [-0.2, -0.15) is 0 Å². The summed E-state index contributed by atoms with van der Waals surface area (Å²) in [6.07, 6.45) is 2.48. The number of halogens is 1. The van der Waals surface area contributed by atoms with Crippen LogP contribution in [-0.2, 0) is 18.3 Å². The normalized spacial score (nSPS) is 16.4. The summed E-state index contributed by atoms with van der Waals surface area (Å²) in [7, 11) is 1.68. The molecule has 4 rings (SSSR count). The number of benzene rings is 1. The molecule has 0 bridgehead atoms. The molecule has 0 amide bonds. The van der Waals surface area contributed by atoms with Crippen molar-refractivity contribution in [3.8, 4) is 11.3 Å². The number of hydrogen-bond acceptors (Lipinski definition) is 6. The number of nitrogens with zero attached hydrogens (tertiary/aromatic N) is 5. The van der Waals surface area contributed by atoms with Crippen LogP contribution in [0.3, 0.4) is 0 Å². The highest BCUT2D eigenvalue weighted by Crippen LogP contribution is 2.27. The van der Waals surface area contributed by atoms with E-state index in [9.17, 15) is 9.18 Å². The van der Waals surface area contributed by atoms with Crippen molar-refractivity contribution in [1.82, 2.24) is 19.4 Å². The van der Waals surface area contributed by atoms with Crippen molar-refractivity contribution >= 4 is 5.95 Å². The molecule has 1 aromatic carbocycles. The molecule has 0 aliphatic carbocycles. The summed E-state index contributed by atoms with van der Waals surface area (Å²) in [6.45, 7) is 8.96. The van der Waals surface area contributed by atoms with Gasteiger partial charge in [-0.1, -0.05) is 38.1 Å². The Balaban J connectivity index is 1.56. The lowest BCUT2D eigenvalue weighted by atomic mass is 10.1. The van der Waals surface area contributed by atoms with E-state index in [1.807, 2.05) is 4.90 Å². The van der Waals surface area contributed by atoms with Crippen molar-refractivity contribution in [2.24, 2.45) is 7.05 Å². The summed E-state index contributed by atoms with van der Waals surface area (Å²) in [5.74, 6) is -0.00553. The van der Waals surface area contributed by atoms with Crippen molar-refractivity contribution in [3.05, 3.63) is 76.1 Å². The number of hydrogen-bond donors (Lipinski definition) is 0. The minimum atomic E-state index is -0.506. The van der Waals surface area contributed by atoms with Crippen LogP contribution in [-0.4, -0.2) is 52.2 Å². The lowest BCUT2D eigenvalue weighted by Crippen LogP contribution is -2.41. The van der Waals surface area contributed by atoms with E-state index in [0.29, 0.717) is 31.3 Å². The van der Waals surface area contributed by atoms with Gasteiger partial charge < -0.3 is 9.64 Å². The number of pyridine rings is 1. The van der Waals surface area contributed by atoms with Gasteiger partial charge in [0, 0.05) is 38.0 Å². The molecular formula is C25H30FN5O2. The van der Waals surface area contributed by atoms with Crippen LogP contribution in [0.15, 0.2) is 53.6 Å². The first kappa shape index (κ1) is 23.1. The second-order valence-electron chi connectivity index (χ2n) is 8.20. The number of aromatic nitrogens is 3. The van der Waals surface area contributed by atoms with E-state index in [-0.39, 0.29) is 17.2 Å². The molecule has 3 heterocycles. The second-order valence-corrected chi connectivity index (χ2v) is 8.20. The Morgan fingerprint density at radius 3 is 2.64 bits per heavy atom. The van der Waals surface area contributed by atoms with Gasteiger partial charge in [0.05, 0.1) is 25.0 Å². The van der Waals surface area contributed by atoms with E-state index in [0.717, 1.165) is 31.4 Å². The van der Waals surface area contributed by atoms with Crippen molar-refractivity contribution in [2.45, 2.75) is 26.5 Å². The van der Waals surface area contributed by atoms with Gasteiger partial charge in [0.2, 0.25) is 5.95 Å². The standard InChI is InChI=1S/C25H30FN5O2/c1-4-30(5-2)16-18-6-8-19(9-7-18)23-17-31(12-13-33-23)25-28-22(14-24(32)29(25)3)20-10-11-27-15-21(20)26/h6-11,14-15,23H,4-5,12-13,16-17H2,1-3H3/t23-/m1/s1. The SMILES string of the molecule is CCN(CC)Cc1ccc([C@H]2CN(c3nc(-c4ccncc4F)cc(=O)n3C)CCO2)cc1. The van der Waals surface area contributed by atoms with Gasteiger partial charge >= 0.3 is 0 Å². The Bertz CT molecular complexity index is 1140. The molecule has 2 aromatic heterocycles. The Labute approximate surface area is 193 Å². The molecule has 0 saturated carbocycles. The number of rotatable bonds is 7. The van der Waals surface area contributed by atoms with E-state index in [2.05, 4.69) is 53.0 Å². The highest BCUT2D eigenvalue weighted by molar-refractivity contribution is 5.60. The van der Waals surface area contributed by atoms with Crippen LogP contribution in [0.25, 0.3) is 11.3 Å². The van der Waals surface area contributed by atoms with Crippen LogP contribution < -0.4 is 10.5 Å². The van der Waals surface area contributed by atoms with Crippen molar-refractivity contribution in [1.29, 1.82) is 0 Å². The maximum atomic E-state index is 14.3. The molecule has 0 spiro atoms. The van der Waals surface area contributed by atoms with Crippen LogP contribution in [0.5, 0.6) is 0 Å². The predicted octanol–water partition coefficient (Wildman–Crippen LogP) is 3.40. The maximum absolute atomic E-state index is 14.3. The fourth-order valence-electron chi connectivity index (χ4n) is 4.11. The molecule has 1 aliphatic rings. The molecule has 33 heavy (non-hydrogen) atoms. The third kappa shape index (κ3) is 5.12. The van der Waals surface area contributed by atoms with E-state index in [4.69, 9.17) is 4.74 Å². The average Bonchev–Trinajstić information content (AvgIpc) is 2.85. The van der Waals surface area contributed by atoms with E-state index in [1.54, 1.807) is 7.05 Å². The van der Waals surface area contributed by atoms with Gasteiger partial charge in [-0.3, -0.25) is 19.2 Å². The highest BCUT2D eigenvalue weighted by Gasteiger charge is 2.25. The molecule has 0 unspecified atom stereocenters. The zero-order chi connectivity index (χ0) is 23.4. The Morgan fingerprint density at radius 2 is 1.94 bits per heavy atom. The lowest BCUT2D eigenvalue weighted by Gasteiger charge is -2.34. The molecule has 1 fully saturated rings. The molecule has 1 saturated heterocycles. The summed E-state index contributed by atoms with van der Waals surface area (Å²) < 4.78 is 21.8. The van der Waals surface area contributed by atoms with Crippen molar-refractivity contribution < 1.29 is 9.13 Å². The first-order chi connectivity index (χ1) is 16.0. The third-order valence-corrected chi connectivity index (χ3v) is 6.16. The predicted molar refractivity (Wildman–Crippen MR) is 127 cm³/mol. The second kappa shape index (κ2) is 10.2. The fraction of sp³-hybridized carbons (Fsp3) is 0.400.